The smallest absolute Gasteiger partial charge is 0.417 e. The summed E-state index contributed by atoms with van der Waals surface area (Å²) in [5.41, 5.74) is 0. The molecule has 1 saturated heterocycles. The van der Waals surface area contributed by atoms with Crippen LogP contribution in [0.15, 0.2) is 0 Å². The molecule has 0 bridgehead atoms. The first-order valence-electron chi connectivity index (χ1n) is 4.36. The fourth-order valence-electron chi connectivity index (χ4n) is 1.36. The molecule has 1 atom stereocenters. The molecule has 1 radical (unpaired) electrons. The van der Waals surface area contributed by atoms with Gasteiger partial charge in [0.1, 0.15) is 0 Å². The highest BCUT2D eigenvalue weighted by Crippen LogP contribution is 1.98. The van der Waals surface area contributed by atoms with Crippen molar-refractivity contribution in [3.05, 3.63) is 0 Å². The molecule has 0 aromatic rings. The zero-order valence-corrected chi connectivity index (χ0v) is 7.14. The lowest BCUT2D eigenvalue weighted by Gasteiger charge is -2.24. The van der Waals surface area contributed by atoms with Gasteiger partial charge < -0.3 is 15.4 Å². The second-order valence-corrected chi connectivity index (χ2v) is 2.93. The summed E-state index contributed by atoms with van der Waals surface area (Å²) < 4.78 is 4.47. The highest BCUT2D eigenvalue weighted by molar-refractivity contribution is 5.37. The molecule has 0 amide bonds. The molecule has 69 valence electrons. The van der Waals surface area contributed by atoms with Gasteiger partial charge in [0.25, 0.3) is 0 Å². The molecule has 0 spiro atoms. The first kappa shape index (κ1) is 9.48. The van der Waals surface area contributed by atoms with Crippen molar-refractivity contribution in [2.75, 3.05) is 26.2 Å². The number of hydrogen-bond acceptors (Lipinski definition) is 4. The van der Waals surface area contributed by atoms with Crippen LogP contribution in [0.1, 0.15) is 12.8 Å². The molecule has 2 N–H and O–H groups in total. The van der Waals surface area contributed by atoms with E-state index in [9.17, 15) is 4.79 Å². The Morgan fingerprint density at radius 3 is 3.08 bits per heavy atom. The number of nitrogens with one attached hydrogen (secondary N) is 2. The Kier molecular flexibility index (Phi) is 4.71. The van der Waals surface area contributed by atoms with Gasteiger partial charge in [-0.2, -0.15) is 0 Å². The molecule has 0 aromatic carbocycles. The van der Waals surface area contributed by atoms with Crippen molar-refractivity contribution < 1.29 is 9.53 Å². The van der Waals surface area contributed by atoms with Gasteiger partial charge in [0, 0.05) is 25.7 Å². The van der Waals surface area contributed by atoms with Crippen LogP contribution in [-0.4, -0.2) is 38.8 Å². The molecule has 1 rings (SSSR count). The Hall–Kier alpha value is -0.610. The molecule has 1 unspecified atom stereocenters. The highest BCUT2D eigenvalue weighted by atomic mass is 16.5. The van der Waals surface area contributed by atoms with Crippen LogP contribution in [0.4, 0.5) is 0 Å². The minimum Gasteiger partial charge on any atom is -0.457 e. The van der Waals surface area contributed by atoms with Gasteiger partial charge in [-0.05, 0) is 12.8 Å². The summed E-state index contributed by atoms with van der Waals surface area (Å²) in [7, 11) is 0. The number of ether oxygens (including phenoxy) is 1. The Morgan fingerprint density at radius 1 is 1.50 bits per heavy atom. The Labute approximate surface area is 72.7 Å². The maximum Gasteiger partial charge on any atom is 0.417 e. The number of hydrogen-bond donors (Lipinski definition) is 2. The third-order valence-corrected chi connectivity index (χ3v) is 1.98. The zero-order chi connectivity index (χ0) is 8.65. The molecule has 1 aliphatic rings. The largest absolute Gasteiger partial charge is 0.457 e. The maximum atomic E-state index is 9.68. The monoisotopic (exact) mass is 171 g/mol. The van der Waals surface area contributed by atoms with Crippen molar-refractivity contribution >= 4 is 6.47 Å². The highest BCUT2D eigenvalue weighted by Gasteiger charge is 2.10. The lowest BCUT2D eigenvalue weighted by molar-refractivity contribution is 0.259. The van der Waals surface area contributed by atoms with Crippen LogP contribution >= 0.6 is 0 Å². The van der Waals surface area contributed by atoms with Gasteiger partial charge in [-0.15, -0.1) is 0 Å². The zero-order valence-electron chi connectivity index (χ0n) is 7.14. The lowest BCUT2D eigenvalue weighted by atomic mass is 10.1. The van der Waals surface area contributed by atoms with E-state index < -0.39 is 0 Å². The van der Waals surface area contributed by atoms with E-state index in [0.717, 1.165) is 32.5 Å². The summed E-state index contributed by atoms with van der Waals surface area (Å²) in [4.78, 5) is 9.68. The topological polar surface area (TPSA) is 50.4 Å². The van der Waals surface area contributed by atoms with Crippen molar-refractivity contribution in [2.24, 2.45) is 0 Å². The third-order valence-electron chi connectivity index (χ3n) is 1.98. The average molecular weight is 171 g/mol. The van der Waals surface area contributed by atoms with Crippen molar-refractivity contribution in [1.82, 2.24) is 10.6 Å². The molecule has 0 aromatic heterocycles. The Balaban J connectivity index is 1.94. The summed E-state index contributed by atoms with van der Waals surface area (Å²) in [5, 5.41) is 6.67. The number of piperazine rings is 1. The van der Waals surface area contributed by atoms with Crippen molar-refractivity contribution in [2.45, 2.75) is 18.9 Å². The predicted octanol–water partition coefficient (Wildman–Crippen LogP) is -0.588. The van der Waals surface area contributed by atoms with Crippen molar-refractivity contribution in [3.8, 4) is 0 Å². The van der Waals surface area contributed by atoms with E-state index in [0.29, 0.717) is 12.6 Å². The van der Waals surface area contributed by atoms with Gasteiger partial charge in [0.2, 0.25) is 0 Å². The van der Waals surface area contributed by atoms with E-state index in [1.165, 1.54) is 6.47 Å². The first-order chi connectivity index (χ1) is 5.93. The van der Waals surface area contributed by atoms with Crippen molar-refractivity contribution in [3.63, 3.8) is 0 Å². The minimum atomic E-state index is 0.488. The van der Waals surface area contributed by atoms with Crippen LogP contribution in [0.25, 0.3) is 0 Å². The molecule has 1 aliphatic heterocycles. The number of rotatable bonds is 5. The van der Waals surface area contributed by atoms with Gasteiger partial charge in [0.05, 0.1) is 6.61 Å². The van der Waals surface area contributed by atoms with Crippen LogP contribution in [0.2, 0.25) is 0 Å². The molecule has 1 heterocycles. The second-order valence-electron chi connectivity index (χ2n) is 2.93. The summed E-state index contributed by atoms with van der Waals surface area (Å²) >= 11 is 0. The molecule has 1 fully saturated rings. The summed E-state index contributed by atoms with van der Waals surface area (Å²) in [6, 6.07) is 0.536. The predicted molar refractivity (Wildman–Crippen MR) is 45.5 cm³/mol. The molecular weight excluding hydrogens is 156 g/mol. The molecule has 0 saturated carbocycles. The lowest BCUT2D eigenvalue weighted by Crippen LogP contribution is -2.48. The summed E-state index contributed by atoms with van der Waals surface area (Å²) in [5.74, 6) is 0. The Morgan fingerprint density at radius 2 is 2.42 bits per heavy atom. The van der Waals surface area contributed by atoms with E-state index in [-0.39, 0.29) is 0 Å². The SMILES string of the molecule is O=[C]OCCCC1CNCCN1. The molecule has 4 heteroatoms. The Bertz CT molecular complexity index is 124. The van der Waals surface area contributed by atoms with E-state index in [2.05, 4.69) is 15.4 Å². The maximum absolute atomic E-state index is 9.68. The van der Waals surface area contributed by atoms with Gasteiger partial charge in [-0.3, -0.25) is 0 Å². The van der Waals surface area contributed by atoms with Gasteiger partial charge in [-0.1, -0.05) is 0 Å². The van der Waals surface area contributed by atoms with Crippen molar-refractivity contribution in [1.29, 1.82) is 0 Å². The van der Waals surface area contributed by atoms with E-state index >= 15 is 0 Å². The third kappa shape index (κ3) is 3.69. The van der Waals surface area contributed by atoms with Crippen LogP contribution in [0.5, 0.6) is 0 Å². The van der Waals surface area contributed by atoms with Gasteiger partial charge in [0.15, 0.2) is 0 Å². The second kappa shape index (κ2) is 5.97. The van der Waals surface area contributed by atoms with E-state index in [1.807, 2.05) is 0 Å². The average Bonchev–Trinajstić information content (AvgIpc) is 2.14. The summed E-state index contributed by atoms with van der Waals surface area (Å²) in [6.07, 6.45) is 1.96. The molecule has 12 heavy (non-hydrogen) atoms. The quantitative estimate of drug-likeness (QED) is 0.543. The van der Waals surface area contributed by atoms with Gasteiger partial charge >= 0.3 is 6.47 Å². The molecule has 4 nitrogen and oxygen atoms in total. The van der Waals surface area contributed by atoms with Crippen LogP contribution in [0, 0.1) is 0 Å². The summed E-state index contributed by atoms with van der Waals surface area (Å²) in [6.45, 7) is 5.01. The standard InChI is InChI=1S/C8H15N2O2/c11-7-12-5-1-2-8-6-9-3-4-10-8/h8-10H,1-6H2. The van der Waals surface area contributed by atoms with Crippen LogP contribution in [0.3, 0.4) is 0 Å². The van der Waals surface area contributed by atoms with E-state index in [4.69, 9.17) is 0 Å². The van der Waals surface area contributed by atoms with Crippen LogP contribution in [-0.2, 0) is 9.53 Å². The molecule has 0 aliphatic carbocycles. The van der Waals surface area contributed by atoms with Crippen LogP contribution < -0.4 is 10.6 Å². The van der Waals surface area contributed by atoms with E-state index in [1.54, 1.807) is 0 Å². The fourth-order valence-corrected chi connectivity index (χ4v) is 1.36. The van der Waals surface area contributed by atoms with Gasteiger partial charge in [-0.25, -0.2) is 4.79 Å². The minimum absolute atomic E-state index is 0.488. The normalized spacial score (nSPS) is 23.5. The number of carbonyl (C=O) groups excluding carboxylic acids is 1. The fraction of sp³-hybridized carbons (Fsp3) is 0.875. The first-order valence-corrected chi connectivity index (χ1v) is 4.36. The molecular formula is C8H15N2O2.